The molecule has 5 heteroatoms. The Morgan fingerprint density at radius 1 is 1.35 bits per heavy atom. The van der Waals surface area contributed by atoms with Crippen LogP contribution in [0, 0.1) is 5.92 Å². The van der Waals surface area contributed by atoms with E-state index in [0.29, 0.717) is 11.6 Å². The number of alkyl halides is 3. The summed E-state index contributed by atoms with van der Waals surface area (Å²) < 4.78 is 37.1. The Bertz CT molecular complexity index is 372. The first-order valence-corrected chi connectivity index (χ1v) is 5.73. The number of aromatic nitrogens is 1. The van der Waals surface area contributed by atoms with Crippen molar-refractivity contribution in [2.24, 2.45) is 5.92 Å². The number of rotatable bonds is 1. The van der Waals surface area contributed by atoms with Gasteiger partial charge in [-0.3, -0.25) is 4.98 Å². The van der Waals surface area contributed by atoms with E-state index in [9.17, 15) is 13.2 Å². The van der Waals surface area contributed by atoms with Gasteiger partial charge >= 0.3 is 6.18 Å². The first-order chi connectivity index (χ1) is 7.97. The Morgan fingerprint density at radius 3 is 2.65 bits per heavy atom. The number of halogens is 3. The van der Waals surface area contributed by atoms with Gasteiger partial charge in [0.1, 0.15) is 0 Å². The van der Waals surface area contributed by atoms with Crippen molar-refractivity contribution in [3.05, 3.63) is 29.6 Å². The third-order valence-corrected chi connectivity index (χ3v) is 3.14. The second-order valence-corrected chi connectivity index (χ2v) is 4.61. The second kappa shape index (κ2) is 4.64. The normalized spacial score (nSPS) is 25.9. The van der Waals surface area contributed by atoms with Crippen molar-refractivity contribution >= 4 is 0 Å². The predicted octanol–water partition coefficient (Wildman–Crippen LogP) is 3.16. The van der Waals surface area contributed by atoms with Crippen LogP contribution in [0.1, 0.15) is 37.1 Å². The van der Waals surface area contributed by atoms with Crippen molar-refractivity contribution in [1.82, 2.24) is 10.3 Å². The van der Waals surface area contributed by atoms with Crippen molar-refractivity contribution < 1.29 is 13.2 Å². The van der Waals surface area contributed by atoms with Gasteiger partial charge in [-0.1, -0.05) is 6.92 Å². The molecule has 0 radical (unpaired) electrons. The first kappa shape index (κ1) is 12.4. The van der Waals surface area contributed by atoms with E-state index in [1.54, 1.807) is 0 Å². The van der Waals surface area contributed by atoms with Crippen LogP contribution < -0.4 is 5.32 Å². The fourth-order valence-electron chi connectivity index (χ4n) is 2.11. The summed E-state index contributed by atoms with van der Waals surface area (Å²) in [6, 6.07) is 2.66. The van der Waals surface area contributed by atoms with Crippen LogP contribution in [0.5, 0.6) is 0 Å². The molecule has 0 aliphatic carbocycles. The average Bonchev–Trinajstić information content (AvgIpc) is 2.28. The molecule has 2 heterocycles. The summed E-state index contributed by atoms with van der Waals surface area (Å²) in [6.45, 7) is 3.05. The number of nitrogens with zero attached hydrogens (tertiary/aromatic N) is 1. The largest absolute Gasteiger partial charge is 0.417 e. The molecule has 1 aliphatic heterocycles. The van der Waals surface area contributed by atoms with E-state index in [4.69, 9.17) is 0 Å². The number of piperidine rings is 1. The van der Waals surface area contributed by atoms with E-state index >= 15 is 0 Å². The Balaban J connectivity index is 2.12. The van der Waals surface area contributed by atoms with Crippen LogP contribution >= 0.6 is 0 Å². The minimum atomic E-state index is -4.31. The summed E-state index contributed by atoms with van der Waals surface area (Å²) in [7, 11) is 0. The monoisotopic (exact) mass is 244 g/mol. The van der Waals surface area contributed by atoms with E-state index in [-0.39, 0.29) is 6.04 Å². The maximum atomic E-state index is 12.4. The SMILES string of the molecule is C[C@@H]1CCNC(c2ccc(C(F)(F)F)cn2)C1. The molecule has 1 aromatic rings. The molecule has 0 bridgehead atoms. The lowest BCUT2D eigenvalue weighted by molar-refractivity contribution is -0.137. The van der Waals surface area contributed by atoms with Gasteiger partial charge in [0.2, 0.25) is 0 Å². The second-order valence-electron chi connectivity index (χ2n) is 4.61. The Hall–Kier alpha value is -1.10. The minimum Gasteiger partial charge on any atom is -0.309 e. The third kappa shape index (κ3) is 2.97. The van der Waals surface area contributed by atoms with Crippen molar-refractivity contribution in [1.29, 1.82) is 0 Å². The zero-order valence-electron chi connectivity index (χ0n) is 9.59. The molecule has 0 aromatic carbocycles. The summed E-state index contributed by atoms with van der Waals surface area (Å²) in [5.41, 5.74) is 0.00894. The number of nitrogens with one attached hydrogen (secondary N) is 1. The summed E-state index contributed by atoms with van der Waals surface area (Å²) in [5.74, 6) is 0.588. The first-order valence-electron chi connectivity index (χ1n) is 5.73. The standard InChI is InChI=1S/C12H15F3N2/c1-8-4-5-16-11(6-8)10-3-2-9(7-17-10)12(13,14)15/h2-3,7-8,11,16H,4-6H2,1H3/t8-,11?/m1/s1. The van der Waals surface area contributed by atoms with Crippen LogP contribution in [-0.4, -0.2) is 11.5 Å². The summed E-state index contributed by atoms with van der Waals surface area (Å²) in [4.78, 5) is 3.92. The molecule has 94 valence electrons. The van der Waals surface area contributed by atoms with Gasteiger partial charge in [0.05, 0.1) is 11.3 Å². The average molecular weight is 244 g/mol. The Labute approximate surface area is 98.2 Å². The van der Waals surface area contributed by atoms with E-state index in [1.807, 2.05) is 0 Å². The summed E-state index contributed by atoms with van der Waals surface area (Å²) in [5, 5.41) is 3.28. The van der Waals surface area contributed by atoms with Crippen LogP contribution in [0.2, 0.25) is 0 Å². The van der Waals surface area contributed by atoms with Gasteiger partial charge in [-0.05, 0) is 37.4 Å². The van der Waals surface area contributed by atoms with Gasteiger partial charge < -0.3 is 5.32 Å². The molecule has 17 heavy (non-hydrogen) atoms. The summed E-state index contributed by atoms with van der Waals surface area (Å²) in [6.07, 6.45) is -1.36. The minimum absolute atomic E-state index is 0.0843. The zero-order valence-corrected chi connectivity index (χ0v) is 9.59. The molecule has 0 saturated carbocycles. The lowest BCUT2D eigenvalue weighted by atomic mass is 9.92. The van der Waals surface area contributed by atoms with Crippen molar-refractivity contribution in [3.8, 4) is 0 Å². The quantitative estimate of drug-likeness (QED) is 0.820. The van der Waals surface area contributed by atoms with Crippen LogP contribution in [-0.2, 0) is 6.18 Å². The van der Waals surface area contributed by atoms with Crippen molar-refractivity contribution in [3.63, 3.8) is 0 Å². The summed E-state index contributed by atoms with van der Waals surface area (Å²) >= 11 is 0. The van der Waals surface area contributed by atoms with E-state index in [2.05, 4.69) is 17.2 Å². The van der Waals surface area contributed by atoms with Crippen LogP contribution in [0.4, 0.5) is 13.2 Å². The van der Waals surface area contributed by atoms with Crippen LogP contribution in [0.15, 0.2) is 18.3 Å². The highest BCUT2D eigenvalue weighted by Crippen LogP contribution is 2.30. The van der Waals surface area contributed by atoms with E-state index in [1.165, 1.54) is 6.07 Å². The molecule has 1 unspecified atom stereocenters. The van der Waals surface area contributed by atoms with Gasteiger partial charge in [-0.25, -0.2) is 0 Å². The van der Waals surface area contributed by atoms with Gasteiger partial charge in [-0.15, -0.1) is 0 Å². The maximum absolute atomic E-state index is 12.4. The third-order valence-electron chi connectivity index (χ3n) is 3.14. The number of pyridine rings is 1. The van der Waals surface area contributed by atoms with Crippen molar-refractivity contribution in [2.45, 2.75) is 32.0 Å². The smallest absolute Gasteiger partial charge is 0.309 e. The highest BCUT2D eigenvalue weighted by Gasteiger charge is 2.31. The zero-order chi connectivity index (χ0) is 12.5. The molecule has 0 spiro atoms. The fraction of sp³-hybridized carbons (Fsp3) is 0.583. The topological polar surface area (TPSA) is 24.9 Å². The molecular formula is C12H15F3N2. The molecule has 2 atom stereocenters. The molecular weight excluding hydrogens is 229 g/mol. The predicted molar refractivity (Wildman–Crippen MR) is 58.4 cm³/mol. The maximum Gasteiger partial charge on any atom is 0.417 e. The molecule has 1 fully saturated rings. The van der Waals surface area contributed by atoms with Gasteiger partial charge in [0, 0.05) is 12.2 Å². The van der Waals surface area contributed by atoms with Crippen molar-refractivity contribution in [2.75, 3.05) is 6.54 Å². The lowest BCUT2D eigenvalue weighted by Crippen LogP contribution is -2.31. The highest BCUT2D eigenvalue weighted by atomic mass is 19.4. The molecule has 2 rings (SSSR count). The number of hydrogen-bond donors (Lipinski definition) is 1. The Kier molecular flexibility index (Phi) is 3.38. The Morgan fingerprint density at radius 2 is 2.12 bits per heavy atom. The van der Waals surface area contributed by atoms with Gasteiger partial charge in [0.15, 0.2) is 0 Å². The molecule has 1 aliphatic rings. The number of hydrogen-bond acceptors (Lipinski definition) is 2. The van der Waals surface area contributed by atoms with Gasteiger partial charge in [0.25, 0.3) is 0 Å². The molecule has 1 saturated heterocycles. The van der Waals surface area contributed by atoms with E-state index < -0.39 is 11.7 Å². The molecule has 1 N–H and O–H groups in total. The van der Waals surface area contributed by atoms with Gasteiger partial charge in [-0.2, -0.15) is 13.2 Å². The van der Waals surface area contributed by atoms with Crippen LogP contribution in [0.25, 0.3) is 0 Å². The fourth-order valence-corrected chi connectivity index (χ4v) is 2.11. The lowest BCUT2D eigenvalue weighted by Gasteiger charge is -2.27. The molecule has 1 aromatic heterocycles. The molecule has 2 nitrogen and oxygen atoms in total. The van der Waals surface area contributed by atoms with Crippen LogP contribution in [0.3, 0.4) is 0 Å². The molecule has 0 amide bonds. The highest BCUT2D eigenvalue weighted by molar-refractivity contribution is 5.19. The van der Waals surface area contributed by atoms with E-state index in [0.717, 1.165) is 31.6 Å².